The van der Waals surface area contributed by atoms with Gasteiger partial charge in [0.25, 0.3) is 0 Å². The maximum atomic E-state index is 5.04. The third-order valence-electron chi connectivity index (χ3n) is 0.178. The zero-order chi connectivity index (χ0) is 4.28. The SMILES string of the molecule is [AlH2][O]C(Cl)Cl. The second-order valence-electron chi connectivity index (χ2n) is 0.496. The van der Waals surface area contributed by atoms with Gasteiger partial charge in [-0.1, -0.05) is 23.2 Å². The van der Waals surface area contributed by atoms with Gasteiger partial charge in [-0.25, -0.2) is 0 Å². The third kappa shape index (κ3) is 5.07. The zero-order valence-electron chi connectivity index (χ0n) is 2.74. The van der Waals surface area contributed by atoms with Gasteiger partial charge in [-0.15, -0.1) is 0 Å². The predicted octanol–water partition coefficient (Wildman–Crippen LogP) is 0.312. The van der Waals surface area contributed by atoms with E-state index < -0.39 is 5.02 Å². The molecule has 0 aliphatic carbocycles. The highest BCUT2D eigenvalue weighted by atomic mass is 35.5. The molecule has 0 bridgehead atoms. The van der Waals surface area contributed by atoms with Crippen LogP contribution in [0.1, 0.15) is 0 Å². The number of hydrogen-bond acceptors (Lipinski definition) is 1. The Morgan fingerprint density at radius 1 is 1.60 bits per heavy atom. The van der Waals surface area contributed by atoms with Crippen molar-refractivity contribution in [3.63, 3.8) is 0 Å². The van der Waals surface area contributed by atoms with E-state index in [4.69, 9.17) is 23.2 Å². The molecule has 0 saturated heterocycles. The first kappa shape index (κ1) is 6.07. The van der Waals surface area contributed by atoms with Crippen molar-refractivity contribution >= 4 is 39.8 Å². The average Bonchev–Trinajstić information content (AvgIpc) is 1.38. The van der Waals surface area contributed by atoms with Crippen molar-refractivity contribution in [3.05, 3.63) is 0 Å². The minimum absolute atomic E-state index is 0.610. The Hall–Kier alpha value is 1.07. The van der Waals surface area contributed by atoms with Gasteiger partial charge >= 0.3 is 16.6 Å². The van der Waals surface area contributed by atoms with Crippen LogP contribution in [0.3, 0.4) is 0 Å². The second-order valence-corrected chi connectivity index (χ2v) is 1.98. The van der Waals surface area contributed by atoms with Crippen molar-refractivity contribution in [2.75, 3.05) is 0 Å². The molecule has 0 N–H and O–H groups in total. The number of halogens is 2. The van der Waals surface area contributed by atoms with Crippen LogP contribution in [-0.4, -0.2) is 21.6 Å². The van der Waals surface area contributed by atoms with E-state index in [9.17, 15) is 0 Å². The molecule has 5 heavy (non-hydrogen) atoms. The van der Waals surface area contributed by atoms with Crippen molar-refractivity contribution in [3.8, 4) is 0 Å². The van der Waals surface area contributed by atoms with Gasteiger partial charge in [0.2, 0.25) is 0 Å². The lowest BCUT2D eigenvalue weighted by Crippen LogP contribution is -1.87. The van der Waals surface area contributed by atoms with Gasteiger partial charge < -0.3 is 3.79 Å². The van der Waals surface area contributed by atoms with Gasteiger partial charge in [0.1, 0.15) is 0 Å². The minimum Gasteiger partial charge on any atom is -0.481 e. The van der Waals surface area contributed by atoms with Crippen LogP contribution in [0, 0.1) is 0 Å². The standard InChI is InChI=1S/CHCl2O.Al.2H/c2-1(3)4;;;/h1H;;;/q-1;+1;;. The normalized spacial score (nSPS) is 9.40. The van der Waals surface area contributed by atoms with E-state index in [0.29, 0.717) is 16.6 Å². The highest BCUT2D eigenvalue weighted by Gasteiger charge is 1.84. The van der Waals surface area contributed by atoms with Crippen LogP contribution in [-0.2, 0) is 3.79 Å². The van der Waals surface area contributed by atoms with Crippen molar-refractivity contribution in [2.24, 2.45) is 0 Å². The summed E-state index contributed by atoms with van der Waals surface area (Å²) in [7, 11) is 0. The molecule has 30 valence electrons. The fourth-order valence-corrected chi connectivity index (χ4v) is 0. The number of rotatable bonds is 1. The molecule has 0 aromatic heterocycles. The summed E-state index contributed by atoms with van der Waals surface area (Å²) in [4.78, 5) is 0. The highest BCUT2D eigenvalue weighted by molar-refractivity contribution is 6.44. The number of alkyl halides is 2. The van der Waals surface area contributed by atoms with Gasteiger partial charge in [0, 0.05) is 0 Å². The molecule has 0 aliphatic heterocycles. The molecule has 0 amide bonds. The summed E-state index contributed by atoms with van der Waals surface area (Å²) in [5.41, 5.74) is 0. The highest BCUT2D eigenvalue weighted by Crippen LogP contribution is 1.97. The molecular formula is CH3AlCl2O. The predicted molar refractivity (Wildman–Crippen MR) is 25.1 cm³/mol. The van der Waals surface area contributed by atoms with Gasteiger partial charge in [-0.2, -0.15) is 0 Å². The Morgan fingerprint density at radius 3 is 1.80 bits per heavy atom. The Balaban J connectivity index is 2.54. The molecule has 0 radical (unpaired) electrons. The van der Waals surface area contributed by atoms with E-state index in [-0.39, 0.29) is 0 Å². The Kier molecular flexibility index (Phi) is 3.97. The smallest absolute Gasteiger partial charge is 0.413 e. The topological polar surface area (TPSA) is 9.23 Å². The molecule has 0 spiro atoms. The Morgan fingerprint density at radius 2 is 1.80 bits per heavy atom. The zero-order valence-corrected chi connectivity index (χ0v) is 6.25. The van der Waals surface area contributed by atoms with Gasteiger partial charge in [0.05, 0.1) is 0 Å². The summed E-state index contributed by atoms with van der Waals surface area (Å²) in [6, 6.07) is 0. The fraction of sp³-hybridized carbons (Fsp3) is 1.00. The molecule has 0 heterocycles. The maximum Gasteiger partial charge on any atom is 0.413 e. The summed E-state index contributed by atoms with van der Waals surface area (Å²) in [5, 5.41) is -0.610. The lowest BCUT2D eigenvalue weighted by atomic mass is 11.7. The van der Waals surface area contributed by atoms with E-state index in [1.54, 1.807) is 0 Å². The van der Waals surface area contributed by atoms with Crippen molar-refractivity contribution < 1.29 is 3.79 Å². The molecule has 0 aromatic rings. The molecule has 0 rings (SSSR count). The minimum atomic E-state index is -0.610. The van der Waals surface area contributed by atoms with Crippen LogP contribution < -0.4 is 0 Å². The number of hydrogen-bond donors (Lipinski definition) is 0. The van der Waals surface area contributed by atoms with E-state index in [2.05, 4.69) is 3.79 Å². The van der Waals surface area contributed by atoms with E-state index in [1.165, 1.54) is 0 Å². The summed E-state index contributed by atoms with van der Waals surface area (Å²) in [6.07, 6.45) is 0. The quantitative estimate of drug-likeness (QED) is 0.365. The van der Waals surface area contributed by atoms with E-state index in [0.717, 1.165) is 0 Å². The average molecular weight is 129 g/mol. The molecule has 0 atom stereocenters. The maximum absolute atomic E-state index is 5.04. The van der Waals surface area contributed by atoms with Crippen molar-refractivity contribution in [1.82, 2.24) is 0 Å². The summed E-state index contributed by atoms with van der Waals surface area (Å²) in [5.74, 6) is 0. The molecule has 0 aromatic carbocycles. The first-order valence-electron chi connectivity index (χ1n) is 1.08. The third-order valence-corrected chi connectivity index (χ3v) is 1.60. The molecular weight excluding hydrogens is 126 g/mol. The van der Waals surface area contributed by atoms with Gasteiger partial charge in [-0.3, -0.25) is 0 Å². The monoisotopic (exact) mass is 128 g/mol. The Labute approximate surface area is 49.0 Å². The molecule has 1 nitrogen and oxygen atoms in total. The second kappa shape index (κ2) is 3.27. The van der Waals surface area contributed by atoms with Crippen LogP contribution in [0.4, 0.5) is 0 Å². The first-order valence-corrected chi connectivity index (χ1v) is 2.77. The molecule has 0 saturated carbocycles. The van der Waals surface area contributed by atoms with E-state index >= 15 is 0 Å². The molecule has 0 fully saturated rings. The lowest BCUT2D eigenvalue weighted by molar-refractivity contribution is 0.392. The molecule has 4 heteroatoms. The van der Waals surface area contributed by atoms with E-state index in [1.807, 2.05) is 0 Å². The van der Waals surface area contributed by atoms with Crippen LogP contribution in [0.5, 0.6) is 0 Å². The summed E-state index contributed by atoms with van der Waals surface area (Å²) >= 11 is 10.7. The summed E-state index contributed by atoms with van der Waals surface area (Å²) < 4.78 is 4.42. The van der Waals surface area contributed by atoms with Crippen molar-refractivity contribution in [2.45, 2.75) is 5.02 Å². The fourth-order valence-electron chi connectivity index (χ4n) is 0. The van der Waals surface area contributed by atoms with Crippen LogP contribution in [0.2, 0.25) is 0 Å². The van der Waals surface area contributed by atoms with Gasteiger partial charge in [0.15, 0.2) is 5.02 Å². The lowest BCUT2D eigenvalue weighted by Gasteiger charge is -1.91. The van der Waals surface area contributed by atoms with Crippen LogP contribution in [0.25, 0.3) is 0 Å². The van der Waals surface area contributed by atoms with Crippen LogP contribution in [0.15, 0.2) is 0 Å². The molecule has 0 aliphatic rings. The summed E-state index contributed by atoms with van der Waals surface area (Å²) in [6.45, 7) is 0. The Bertz CT molecular complexity index is 23.6. The van der Waals surface area contributed by atoms with Crippen molar-refractivity contribution in [1.29, 1.82) is 0 Å². The first-order chi connectivity index (χ1) is 2.27. The largest absolute Gasteiger partial charge is 0.481 e. The van der Waals surface area contributed by atoms with Gasteiger partial charge in [-0.05, 0) is 0 Å². The van der Waals surface area contributed by atoms with Crippen LogP contribution >= 0.6 is 23.2 Å². The molecule has 0 unspecified atom stereocenters.